The summed E-state index contributed by atoms with van der Waals surface area (Å²) in [4.78, 5) is 30.3. The van der Waals surface area contributed by atoms with E-state index in [-0.39, 0.29) is 18.7 Å². The Labute approximate surface area is 162 Å². The van der Waals surface area contributed by atoms with E-state index in [9.17, 15) is 9.59 Å². The van der Waals surface area contributed by atoms with Gasteiger partial charge in [0.15, 0.2) is 0 Å². The molecule has 2 aromatic carbocycles. The molecule has 4 aromatic rings. The number of fused-ring (bicyclic) bond motifs is 2. The van der Waals surface area contributed by atoms with E-state index in [2.05, 4.69) is 0 Å². The molecule has 0 aliphatic heterocycles. The van der Waals surface area contributed by atoms with Crippen LogP contribution in [-0.4, -0.2) is 22.1 Å². The van der Waals surface area contributed by atoms with E-state index < -0.39 is 5.97 Å². The van der Waals surface area contributed by atoms with Gasteiger partial charge in [0.1, 0.15) is 0 Å². The van der Waals surface area contributed by atoms with Gasteiger partial charge in [0, 0.05) is 17.0 Å². The third kappa shape index (κ3) is 3.05. The number of hydrogen-bond donors (Lipinski definition) is 0. The van der Waals surface area contributed by atoms with E-state index in [1.54, 1.807) is 23.8 Å². The van der Waals surface area contributed by atoms with Crippen LogP contribution in [-0.2, 0) is 11.3 Å². The number of aryl methyl sites for hydroxylation is 1. The molecular weight excluding hydrogens is 352 g/mol. The summed E-state index contributed by atoms with van der Waals surface area (Å²) in [5.41, 5.74) is 2.46. The number of ether oxygens (including phenoxy) is 1. The Kier molecular flexibility index (Phi) is 4.65. The van der Waals surface area contributed by atoms with Crippen molar-refractivity contribution < 1.29 is 9.53 Å². The van der Waals surface area contributed by atoms with E-state index in [1.807, 2.05) is 55.5 Å². The Morgan fingerprint density at radius 2 is 1.75 bits per heavy atom. The fraction of sp³-hybridized carbons (Fsp3) is 0.174. The molecule has 0 radical (unpaired) electrons. The molecule has 4 rings (SSSR count). The van der Waals surface area contributed by atoms with Crippen molar-refractivity contribution in [2.45, 2.75) is 20.4 Å². The molecule has 0 atom stereocenters. The van der Waals surface area contributed by atoms with Gasteiger partial charge in [-0.2, -0.15) is 0 Å². The lowest BCUT2D eigenvalue weighted by Crippen LogP contribution is -2.23. The zero-order valence-electron chi connectivity index (χ0n) is 15.8. The summed E-state index contributed by atoms with van der Waals surface area (Å²) in [6.45, 7) is 4.14. The van der Waals surface area contributed by atoms with E-state index in [1.165, 1.54) is 0 Å². The summed E-state index contributed by atoms with van der Waals surface area (Å²) in [5, 5.41) is 2.43. The first-order valence-corrected chi connectivity index (χ1v) is 9.23. The van der Waals surface area contributed by atoms with E-state index in [0.717, 1.165) is 21.9 Å². The number of benzene rings is 2. The molecule has 0 amide bonds. The molecular formula is C23H20N2O3. The van der Waals surface area contributed by atoms with Gasteiger partial charge in [-0.05, 0) is 43.0 Å². The van der Waals surface area contributed by atoms with Crippen LogP contribution in [0.3, 0.4) is 0 Å². The second-order valence-electron chi connectivity index (χ2n) is 6.63. The molecule has 5 nitrogen and oxygen atoms in total. The van der Waals surface area contributed by atoms with Crippen molar-refractivity contribution in [2.24, 2.45) is 0 Å². The summed E-state index contributed by atoms with van der Waals surface area (Å²) in [7, 11) is 0. The van der Waals surface area contributed by atoms with Gasteiger partial charge in [0.2, 0.25) is 0 Å². The van der Waals surface area contributed by atoms with E-state index in [4.69, 9.17) is 9.72 Å². The zero-order valence-corrected chi connectivity index (χ0v) is 15.8. The van der Waals surface area contributed by atoms with Crippen molar-refractivity contribution >= 4 is 27.6 Å². The maximum absolute atomic E-state index is 12.9. The summed E-state index contributed by atoms with van der Waals surface area (Å²) in [6, 6.07) is 17.0. The van der Waals surface area contributed by atoms with Gasteiger partial charge in [0.25, 0.3) is 5.56 Å². The largest absolute Gasteiger partial charge is 0.462 e. The third-order valence-corrected chi connectivity index (χ3v) is 4.91. The number of nitrogens with zero attached hydrogens (tertiary/aromatic N) is 2. The second kappa shape index (κ2) is 7.27. The molecule has 0 unspecified atom stereocenters. The van der Waals surface area contributed by atoms with Crippen LogP contribution in [0.5, 0.6) is 0 Å². The lowest BCUT2D eigenvalue weighted by molar-refractivity contribution is 0.0523. The van der Waals surface area contributed by atoms with Crippen LogP contribution in [0.15, 0.2) is 65.6 Å². The third-order valence-electron chi connectivity index (χ3n) is 4.91. The van der Waals surface area contributed by atoms with Gasteiger partial charge in [-0.25, -0.2) is 9.78 Å². The lowest BCUT2D eigenvalue weighted by atomic mass is 10.0. The molecule has 2 heterocycles. The van der Waals surface area contributed by atoms with Gasteiger partial charge >= 0.3 is 5.97 Å². The second-order valence-corrected chi connectivity index (χ2v) is 6.63. The predicted molar refractivity (Wildman–Crippen MR) is 110 cm³/mol. The molecule has 28 heavy (non-hydrogen) atoms. The first-order valence-electron chi connectivity index (χ1n) is 9.23. The first kappa shape index (κ1) is 17.9. The number of pyridine rings is 2. The number of rotatable bonds is 4. The fourth-order valence-electron chi connectivity index (χ4n) is 3.54. The summed E-state index contributed by atoms with van der Waals surface area (Å²) < 4.78 is 6.86. The average molecular weight is 372 g/mol. The fourth-order valence-corrected chi connectivity index (χ4v) is 3.54. The van der Waals surface area contributed by atoms with Gasteiger partial charge in [-0.3, -0.25) is 4.79 Å². The maximum atomic E-state index is 12.9. The standard InChI is InChI=1S/C23H20N2O3/c1-3-28-23(27)21-15(2)17-9-6-7-11-19(17)24-20(21)14-25-13-12-16-8-4-5-10-18(16)22(25)26/h4-13H,3,14H2,1-2H3. The molecule has 2 aromatic heterocycles. The zero-order chi connectivity index (χ0) is 19.7. The highest BCUT2D eigenvalue weighted by molar-refractivity contribution is 5.98. The van der Waals surface area contributed by atoms with Crippen LogP contribution in [0.4, 0.5) is 0 Å². The molecule has 140 valence electrons. The number of carbonyl (C=O) groups is 1. The first-order chi connectivity index (χ1) is 13.6. The lowest BCUT2D eigenvalue weighted by Gasteiger charge is -2.15. The highest BCUT2D eigenvalue weighted by atomic mass is 16.5. The number of carbonyl (C=O) groups excluding carboxylic acids is 1. The normalized spacial score (nSPS) is 11.1. The number of para-hydroxylation sites is 1. The topological polar surface area (TPSA) is 61.2 Å². The van der Waals surface area contributed by atoms with Crippen molar-refractivity contribution in [3.05, 3.63) is 88.0 Å². The highest BCUT2D eigenvalue weighted by Gasteiger charge is 2.20. The summed E-state index contributed by atoms with van der Waals surface area (Å²) in [6.07, 6.45) is 1.74. The monoisotopic (exact) mass is 372 g/mol. The van der Waals surface area contributed by atoms with Crippen molar-refractivity contribution in [1.82, 2.24) is 9.55 Å². The highest BCUT2D eigenvalue weighted by Crippen LogP contribution is 2.24. The molecule has 0 saturated heterocycles. The summed E-state index contributed by atoms with van der Waals surface area (Å²) in [5.74, 6) is -0.415. The molecule has 0 spiro atoms. The van der Waals surface area contributed by atoms with E-state index in [0.29, 0.717) is 16.6 Å². The molecule has 5 heteroatoms. The minimum Gasteiger partial charge on any atom is -0.462 e. The SMILES string of the molecule is CCOC(=O)c1c(Cn2ccc3ccccc3c2=O)nc2ccccc2c1C. The smallest absolute Gasteiger partial charge is 0.340 e. The van der Waals surface area contributed by atoms with Gasteiger partial charge in [-0.1, -0.05) is 36.4 Å². The van der Waals surface area contributed by atoms with Gasteiger partial charge in [0.05, 0.1) is 29.9 Å². The van der Waals surface area contributed by atoms with Crippen LogP contribution < -0.4 is 5.56 Å². The van der Waals surface area contributed by atoms with Gasteiger partial charge in [-0.15, -0.1) is 0 Å². The Morgan fingerprint density at radius 1 is 1.04 bits per heavy atom. The Hall–Kier alpha value is -3.47. The van der Waals surface area contributed by atoms with Crippen LogP contribution in [0.2, 0.25) is 0 Å². The van der Waals surface area contributed by atoms with Crippen LogP contribution in [0.1, 0.15) is 28.5 Å². The summed E-state index contributed by atoms with van der Waals surface area (Å²) >= 11 is 0. The number of hydrogen-bond acceptors (Lipinski definition) is 4. The molecule has 0 fully saturated rings. The van der Waals surface area contributed by atoms with Crippen molar-refractivity contribution in [3.63, 3.8) is 0 Å². The molecule has 0 bridgehead atoms. The Bertz CT molecular complexity index is 1260. The molecule has 0 aliphatic carbocycles. The maximum Gasteiger partial charge on any atom is 0.340 e. The van der Waals surface area contributed by atoms with Gasteiger partial charge < -0.3 is 9.30 Å². The molecule has 0 saturated carbocycles. The van der Waals surface area contributed by atoms with Crippen molar-refractivity contribution in [2.75, 3.05) is 6.61 Å². The van der Waals surface area contributed by atoms with Crippen molar-refractivity contribution in [1.29, 1.82) is 0 Å². The predicted octanol–water partition coefficient (Wildman–Crippen LogP) is 4.08. The Morgan fingerprint density at radius 3 is 2.54 bits per heavy atom. The minimum atomic E-state index is -0.415. The average Bonchev–Trinajstić information content (AvgIpc) is 2.70. The molecule has 0 aliphatic rings. The minimum absolute atomic E-state index is 0.111. The molecule has 0 N–H and O–H groups in total. The van der Waals surface area contributed by atoms with E-state index >= 15 is 0 Å². The van der Waals surface area contributed by atoms with Crippen LogP contribution in [0.25, 0.3) is 21.7 Å². The van der Waals surface area contributed by atoms with Crippen LogP contribution in [0, 0.1) is 6.92 Å². The Balaban J connectivity index is 1.90. The van der Waals surface area contributed by atoms with Crippen LogP contribution >= 0.6 is 0 Å². The van der Waals surface area contributed by atoms with Crippen molar-refractivity contribution in [3.8, 4) is 0 Å². The number of aromatic nitrogens is 2. The number of esters is 1. The quantitative estimate of drug-likeness (QED) is 0.507.